The third kappa shape index (κ3) is 4.69. The minimum atomic E-state index is -3.29. The standard InChI is InChI=1S/C11H13NO4S/c1-8(11(13)14)7-9-3-5-10(6-4-9)12-17(2,15)16/h3-7,12H,1-2H3,(H,13,14)/b8-7+. The van der Waals surface area contributed by atoms with Crippen LogP contribution in [0.3, 0.4) is 0 Å². The van der Waals surface area contributed by atoms with Gasteiger partial charge in [0.15, 0.2) is 0 Å². The first-order chi connectivity index (χ1) is 7.78. The number of nitrogens with one attached hydrogen (secondary N) is 1. The molecule has 0 aliphatic carbocycles. The average Bonchev–Trinajstić information content (AvgIpc) is 2.18. The van der Waals surface area contributed by atoms with E-state index in [1.807, 2.05) is 0 Å². The lowest BCUT2D eigenvalue weighted by molar-refractivity contribution is -0.132. The van der Waals surface area contributed by atoms with Crippen molar-refractivity contribution in [2.24, 2.45) is 0 Å². The van der Waals surface area contributed by atoms with Crippen molar-refractivity contribution in [3.05, 3.63) is 35.4 Å². The molecule has 0 unspecified atom stereocenters. The Bertz CT molecular complexity index is 543. The summed E-state index contributed by atoms with van der Waals surface area (Å²) in [5.41, 5.74) is 1.36. The van der Waals surface area contributed by atoms with E-state index in [1.165, 1.54) is 13.0 Å². The zero-order chi connectivity index (χ0) is 13.1. The van der Waals surface area contributed by atoms with Gasteiger partial charge in [0.1, 0.15) is 0 Å². The molecule has 5 nitrogen and oxygen atoms in total. The summed E-state index contributed by atoms with van der Waals surface area (Å²) in [6, 6.07) is 6.42. The summed E-state index contributed by atoms with van der Waals surface area (Å²) < 4.78 is 24.2. The third-order valence-corrected chi connectivity index (χ3v) is 2.54. The van der Waals surface area contributed by atoms with Crippen LogP contribution in [0.25, 0.3) is 6.08 Å². The summed E-state index contributed by atoms with van der Waals surface area (Å²) in [6.45, 7) is 1.49. The second kappa shape index (κ2) is 5.01. The van der Waals surface area contributed by atoms with Crippen LogP contribution in [0, 0.1) is 0 Å². The smallest absolute Gasteiger partial charge is 0.331 e. The van der Waals surface area contributed by atoms with Gasteiger partial charge in [0.05, 0.1) is 6.26 Å². The molecular weight excluding hydrogens is 242 g/mol. The van der Waals surface area contributed by atoms with E-state index in [9.17, 15) is 13.2 Å². The number of carbonyl (C=O) groups is 1. The van der Waals surface area contributed by atoms with Crippen molar-refractivity contribution in [1.82, 2.24) is 0 Å². The van der Waals surface area contributed by atoms with Gasteiger partial charge >= 0.3 is 5.97 Å². The Labute approximate surface area is 99.8 Å². The Kier molecular flexibility index (Phi) is 3.90. The van der Waals surface area contributed by atoms with Crippen molar-refractivity contribution in [2.45, 2.75) is 6.92 Å². The van der Waals surface area contributed by atoms with Crippen molar-refractivity contribution in [3.8, 4) is 0 Å². The first-order valence-corrected chi connectivity index (χ1v) is 6.66. The van der Waals surface area contributed by atoms with Gasteiger partial charge < -0.3 is 5.11 Å². The van der Waals surface area contributed by atoms with Crippen molar-refractivity contribution in [1.29, 1.82) is 0 Å². The van der Waals surface area contributed by atoms with Crippen LogP contribution in [0.15, 0.2) is 29.8 Å². The fourth-order valence-electron chi connectivity index (χ4n) is 1.17. The fourth-order valence-corrected chi connectivity index (χ4v) is 1.74. The lowest BCUT2D eigenvalue weighted by Crippen LogP contribution is -2.09. The van der Waals surface area contributed by atoms with Crippen LogP contribution in [0.5, 0.6) is 0 Å². The largest absolute Gasteiger partial charge is 0.478 e. The van der Waals surface area contributed by atoms with Crippen LogP contribution in [0.1, 0.15) is 12.5 Å². The monoisotopic (exact) mass is 255 g/mol. The highest BCUT2D eigenvalue weighted by Gasteiger charge is 2.02. The normalized spacial score (nSPS) is 12.2. The number of benzene rings is 1. The summed E-state index contributed by atoms with van der Waals surface area (Å²) >= 11 is 0. The minimum absolute atomic E-state index is 0.217. The molecule has 0 atom stereocenters. The number of sulfonamides is 1. The predicted molar refractivity (Wildman–Crippen MR) is 66.2 cm³/mol. The second-order valence-corrected chi connectivity index (χ2v) is 5.38. The number of anilines is 1. The van der Waals surface area contributed by atoms with Gasteiger partial charge in [-0.25, -0.2) is 13.2 Å². The zero-order valence-corrected chi connectivity index (χ0v) is 10.3. The van der Waals surface area contributed by atoms with E-state index in [-0.39, 0.29) is 5.57 Å². The van der Waals surface area contributed by atoms with Crippen molar-refractivity contribution >= 4 is 27.8 Å². The van der Waals surface area contributed by atoms with E-state index in [2.05, 4.69) is 4.72 Å². The van der Waals surface area contributed by atoms with Gasteiger partial charge in [0.2, 0.25) is 10.0 Å². The van der Waals surface area contributed by atoms with Gasteiger partial charge in [0.25, 0.3) is 0 Å². The number of rotatable bonds is 4. The molecule has 0 radical (unpaired) electrons. The molecule has 0 aliphatic heterocycles. The summed E-state index contributed by atoms with van der Waals surface area (Å²) in [5, 5.41) is 8.69. The molecule has 0 fully saturated rings. The third-order valence-electron chi connectivity index (χ3n) is 1.93. The molecule has 0 spiro atoms. The molecule has 0 bridgehead atoms. The van der Waals surface area contributed by atoms with Crippen LogP contribution in [-0.2, 0) is 14.8 Å². The van der Waals surface area contributed by atoms with Crippen LogP contribution >= 0.6 is 0 Å². The van der Waals surface area contributed by atoms with Crippen molar-refractivity contribution < 1.29 is 18.3 Å². The Hall–Kier alpha value is -1.82. The van der Waals surface area contributed by atoms with Gasteiger partial charge in [-0.3, -0.25) is 4.72 Å². The Balaban J connectivity index is 2.89. The fraction of sp³-hybridized carbons (Fsp3) is 0.182. The average molecular weight is 255 g/mol. The van der Waals surface area contributed by atoms with Crippen molar-refractivity contribution in [3.63, 3.8) is 0 Å². The quantitative estimate of drug-likeness (QED) is 0.799. The molecule has 0 amide bonds. The molecule has 0 aliphatic rings. The second-order valence-electron chi connectivity index (χ2n) is 3.63. The SMILES string of the molecule is C/C(=C\c1ccc(NS(C)(=O)=O)cc1)C(=O)O. The van der Waals surface area contributed by atoms with E-state index < -0.39 is 16.0 Å². The highest BCUT2D eigenvalue weighted by molar-refractivity contribution is 7.92. The van der Waals surface area contributed by atoms with E-state index in [4.69, 9.17) is 5.11 Å². The predicted octanol–water partition coefficient (Wildman–Crippen LogP) is 1.55. The first-order valence-electron chi connectivity index (χ1n) is 4.77. The maximum atomic E-state index is 11.0. The van der Waals surface area contributed by atoms with E-state index in [0.29, 0.717) is 11.3 Å². The molecule has 2 N–H and O–H groups in total. The summed E-state index contributed by atoms with van der Waals surface area (Å²) in [7, 11) is -3.29. The number of carboxylic acids is 1. The molecule has 1 rings (SSSR count). The lowest BCUT2D eigenvalue weighted by Gasteiger charge is -2.03. The van der Waals surface area contributed by atoms with E-state index >= 15 is 0 Å². The number of carboxylic acid groups (broad SMARTS) is 1. The molecule has 6 heteroatoms. The lowest BCUT2D eigenvalue weighted by atomic mass is 10.1. The number of hydrogen-bond donors (Lipinski definition) is 2. The van der Waals surface area contributed by atoms with Gasteiger partial charge in [-0.1, -0.05) is 12.1 Å². The van der Waals surface area contributed by atoms with Crippen LogP contribution in [-0.4, -0.2) is 25.7 Å². The molecule has 0 aromatic heterocycles. The van der Waals surface area contributed by atoms with Gasteiger partial charge in [-0.15, -0.1) is 0 Å². The topological polar surface area (TPSA) is 83.5 Å². The van der Waals surface area contributed by atoms with Crippen molar-refractivity contribution in [2.75, 3.05) is 11.0 Å². The highest BCUT2D eigenvalue weighted by atomic mass is 32.2. The molecule has 0 saturated heterocycles. The Morgan fingerprint density at radius 3 is 2.24 bits per heavy atom. The molecule has 1 aromatic rings. The van der Waals surface area contributed by atoms with E-state index in [1.54, 1.807) is 24.3 Å². The molecule has 1 aromatic carbocycles. The maximum Gasteiger partial charge on any atom is 0.331 e. The highest BCUT2D eigenvalue weighted by Crippen LogP contribution is 2.13. The maximum absolute atomic E-state index is 11.0. The van der Waals surface area contributed by atoms with Crippen LogP contribution < -0.4 is 4.72 Å². The minimum Gasteiger partial charge on any atom is -0.478 e. The first kappa shape index (κ1) is 13.2. The zero-order valence-electron chi connectivity index (χ0n) is 9.47. The summed E-state index contributed by atoms with van der Waals surface area (Å²) in [6.07, 6.45) is 2.57. The summed E-state index contributed by atoms with van der Waals surface area (Å²) in [5.74, 6) is -0.983. The number of hydrogen-bond acceptors (Lipinski definition) is 3. The molecular formula is C11H13NO4S. The Morgan fingerprint density at radius 1 is 1.29 bits per heavy atom. The van der Waals surface area contributed by atoms with Gasteiger partial charge in [-0.2, -0.15) is 0 Å². The van der Waals surface area contributed by atoms with Gasteiger partial charge in [0, 0.05) is 11.3 Å². The van der Waals surface area contributed by atoms with E-state index in [0.717, 1.165) is 6.26 Å². The van der Waals surface area contributed by atoms with Crippen LogP contribution in [0.4, 0.5) is 5.69 Å². The molecule has 0 heterocycles. The van der Waals surface area contributed by atoms with Crippen LogP contribution in [0.2, 0.25) is 0 Å². The van der Waals surface area contributed by atoms with Gasteiger partial charge in [-0.05, 0) is 30.7 Å². The summed E-state index contributed by atoms with van der Waals surface area (Å²) in [4.78, 5) is 10.6. The molecule has 0 saturated carbocycles. The molecule has 92 valence electrons. The number of aliphatic carboxylic acids is 1. The Morgan fingerprint density at radius 2 is 1.82 bits per heavy atom. The molecule has 17 heavy (non-hydrogen) atoms.